The van der Waals surface area contributed by atoms with Gasteiger partial charge in [-0.25, -0.2) is 13.3 Å². The van der Waals surface area contributed by atoms with Crippen LogP contribution in [0, 0.1) is 11.3 Å². The zero-order valence-electron chi connectivity index (χ0n) is 11.7. The van der Waals surface area contributed by atoms with Crippen LogP contribution in [0.5, 0.6) is 0 Å². The van der Waals surface area contributed by atoms with Crippen LogP contribution in [0.4, 0.5) is 14.5 Å². The molecule has 0 spiro atoms. The largest absolute Gasteiger partial charge is 0.399 e. The molecule has 1 amide bonds. The molecule has 1 atom stereocenters. The summed E-state index contributed by atoms with van der Waals surface area (Å²) in [4.78, 5) is 12.1. The number of carbonyl (C=O) groups excluding carboxylic acids is 1. The number of alkyl halides is 2. The summed E-state index contributed by atoms with van der Waals surface area (Å²) in [5.41, 5.74) is 6.00. The molecule has 1 aliphatic rings. The molecular formula is C14H16F2N4O. The Labute approximate surface area is 120 Å². The molecule has 7 heteroatoms. The minimum atomic E-state index is -2.73. The first kappa shape index (κ1) is 13.8. The number of rotatable bonds is 3. The molecule has 0 bridgehead atoms. The van der Waals surface area contributed by atoms with Gasteiger partial charge < -0.3 is 11.1 Å². The fourth-order valence-corrected chi connectivity index (χ4v) is 2.60. The summed E-state index contributed by atoms with van der Waals surface area (Å²) in [7, 11) is 0. The molecule has 0 aliphatic heterocycles. The molecular weight excluding hydrogens is 278 g/mol. The Kier molecular flexibility index (Phi) is 2.73. The second-order valence-corrected chi connectivity index (χ2v) is 5.96. The number of nitrogens with one attached hydrogen (secondary N) is 1. The molecule has 2 aromatic rings. The van der Waals surface area contributed by atoms with Crippen LogP contribution in [-0.2, 0) is 0 Å². The van der Waals surface area contributed by atoms with Gasteiger partial charge in [0.25, 0.3) is 11.8 Å². The number of nitrogens with zero attached hydrogens (tertiary/aromatic N) is 2. The van der Waals surface area contributed by atoms with Crippen molar-refractivity contribution in [2.45, 2.75) is 19.8 Å². The number of anilines is 1. The summed E-state index contributed by atoms with van der Waals surface area (Å²) in [6.45, 7) is 2.94. The van der Waals surface area contributed by atoms with Crippen molar-refractivity contribution in [3.05, 3.63) is 30.1 Å². The first-order chi connectivity index (χ1) is 9.75. The van der Waals surface area contributed by atoms with Crippen LogP contribution in [0.15, 0.2) is 24.5 Å². The highest BCUT2D eigenvalue weighted by Gasteiger charge is 2.74. The lowest BCUT2D eigenvalue weighted by molar-refractivity contribution is 0.0661. The molecule has 5 nitrogen and oxygen atoms in total. The van der Waals surface area contributed by atoms with Gasteiger partial charge in [0.1, 0.15) is 0 Å². The molecule has 1 aliphatic carbocycles. The number of halogens is 2. The maximum absolute atomic E-state index is 13.5. The van der Waals surface area contributed by atoms with Crippen molar-refractivity contribution in [1.82, 2.24) is 14.9 Å². The van der Waals surface area contributed by atoms with E-state index in [-0.39, 0.29) is 6.54 Å². The lowest BCUT2D eigenvalue weighted by Gasteiger charge is -2.04. The Bertz CT molecular complexity index is 709. The lowest BCUT2D eigenvalue weighted by atomic mass is 10.1. The van der Waals surface area contributed by atoms with Gasteiger partial charge in [-0.3, -0.25) is 4.79 Å². The van der Waals surface area contributed by atoms with Crippen molar-refractivity contribution in [2.75, 3.05) is 12.3 Å². The van der Waals surface area contributed by atoms with Crippen LogP contribution in [0.25, 0.3) is 5.52 Å². The second kappa shape index (κ2) is 4.16. The third kappa shape index (κ3) is 1.95. The van der Waals surface area contributed by atoms with Crippen LogP contribution in [-0.4, -0.2) is 28.0 Å². The highest BCUT2D eigenvalue weighted by molar-refractivity contribution is 6.01. The average Bonchev–Trinajstić information content (AvgIpc) is 2.74. The fourth-order valence-electron chi connectivity index (χ4n) is 2.60. The van der Waals surface area contributed by atoms with E-state index >= 15 is 0 Å². The van der Waals surface area contributed by atoms with E-state index in [1.807, 2.05) is 0 Å². The molecule has 21 heavy (non-hydrogen) atoms. The monoisotopic (exact) mass is 294 g/mol. The second-order valence-electron chi connectivity index (χ2n) is 5.96. The van der Waals surface area contributed by atoms with Crippen molar-refractivity contribution in [2.24, 2.45) is 11.3 Å². The molecule has 1 unspecified atom stereocenters. The lowest BCUT2D eigenvalue weighted by Crippen LogP contribution is -2.27. The van der Waals surface area contributed by atoms with Crippen LogP contribution in [0.2, 0.25) is 0 Å². The van der Waals surface area contributed by atoms with Gasteiger partial charge in [-0.2, -0.15) is 5.10 Å². The third-order valence-electron chi connectivity index (χ3n) is 4.34. The zero-order valence-corrected chi connectivity index (χ0v) is 11.7. The summed E-state index contributed by atoms with van der Waals surface area (Å²) in [6, 6.07) is 3.28. The van der Waals surface area contributed by atoms with Gasteiger partial charge in [-0.05, 0) is 12.1 Å². The van der Waals surface area contributed by atoms with Gasteiger partial charge >= 0.3 is 0 Å². The predicted octanol–water partition coefficient (Wildman–Crippen LogP) is 1.94. The molecule has 3 N–H and O–H groups in total. The van der Waals surface area contributed by atoms with E-state index in [0.29, 0.717) is 16.8 Å². The number of nitrogen functional groups attached to an aromatic ring is 1. The van der Waals surface area contributed by atoms with Crippen LogP contribution in [0.1, 0.15) is 24.2 Å². The van der Waals surface area contributed by atoms with Gasteiger partial charge in [0.2, 0.25) is 0 Å². The summed E-state index contributed by atoms with van der Waals surface area (Å²) >= 11 is 0. The van der Waals surface area contributed by atoms with Crippen molar-refractivity contribution in [1.29, 1.82) is 0 Å². The maximum atomic E-state index is 13.5. The Morgan fingerprint density at radius 1 is 1.52 bits per heavy atom. The summed E-state index contributed by atoms with van der Waals surface area (Å²) < 4.78 is 28.5. The van der Waals surface area contributed by atoms with E-state index in [1.54, 1.807) is 18.3 Å². The molecule has 1 saturated carbocycles. The van der Waals surface area contributed by atoms with Crippen LogP contribution < -0.4 is 11.1 Å². The molecule has 0 radical (unpaired) electrons. The minimum absolute atomic E-state index is 0.0571. The predicted molar refractivity (Wildman–Crippen MR) is 74.2 cm³/mol. The SMILES string of the molecule is CC1(C)C(CNC(=O)c2cnn3ccc(N)cc23)C1(F)F. The van der Waals surface area contributed by atoms with E-state index < -0.39 is 23.2 Å². The maximum Gasteiger partial charge on any atom is 0.258 e. The van der Waals surface area contributed by atoms with E-state index in [9.17, 15) is 13.6 Å². The first-order valence-corrected chi connectivity index (χ1v) is 6.64. The highest BCUT2D eigenvalue weighted by Crippen LogP contribution is 2.65. The number of hydrogen-bond donors (Lipinski definition) is 2. The van der Waals surface area contributed by atoms with Gasteiger partial charge in [-0.15, -0.1) is 0 Å². The number of pyridine rings is 1. The Balaban J connectivity index is 1.75. The third-order valence-corrected chi connectivity index (χ3v) is 4.34. The molecule has 112 valence electrons. The molecule has 1 fully saturated rings. The van der Waals surface area contributed by atoms with Gasteiger partial charge in [0, 0.05) is 23.8 Å². The van der Waals surface area contributed by atoms with Gasteiger partial charge in [-0.1, -0.05) is 13.8 Å². The van der Waals surface area contributed by atoms with Crippen LogP contribution >= 0.6 is 0 Å². The standard InChI is InChI=1S/C14H16F2N4O/c1-13(2)11(14(13,15)16)7-18-12(21)9-6-19-20-4-3-8(17)5-10(9)20/h3-6,11H,7,17H2,1-2H3,(H,18,21). The zero-order chi connectivity index (χ0) is 15.4. The summed E-state index contributed by atoms with van der Waals surface area (Å²) in [6.07, 6.45) is 3.04. The Morgan fingerprint density at radius 3 is 2.81 bits per heavy atom. The quantitative estimate of drug-likeness (QED) is 0.908. The molecule has 0 saturated heterocycles. The Hall–Kier alpha value is -2.18. The summed E-state index contributed by atoms with van der Waals surface area (Å²) in [5, 5.41) is 6.59. The highest BCUT2D eigenvalue weighted by atomic mass is 19.3. The van der Waals surface area contributed by atoms with Gasteiger partial charge in [0.15, 0.2) is 0 Å². The molecule has 3 rings (SSSR count). The topological polar surface area (TPSA) is 72.4 Å². The van der Waals surface area contributed by atoms with E-state index in [1.165, 1.54) is 24.6 Å². The number of carbonyl (C=O) groups is 1. The van der Waals surface area contributed by atoms with Crippen molar-refractivity contribution < 1.29 is 13.6 Å². The molecule has 2 heterocycles. The first-order valence-electron chi connectivity index (χ1n) is 6.64. The number of nitrogens with two attached hydrogens (primary N) is 1. The van der Waals surface area contributed by atoms with E-state index in [4.69, 9.17) is 5.73 Å². The van der Waals surface area contributed by atoms with Crippen molar-refractivity contribution in [3.63, 3.8) is 0 Å². The van der Waals surface area contributed by atoms with Gasteiger partial charge in [0.05, 0.1) is 23.2 Å². The number of fused-ring (bicyclic) bond motifs is 1. The number of hydrogen-bond acceptors (Lipinski definition) is 3. The summed E-state index contributed by atoms with van der Waals surface area (Å²) in [5.74, 6) is -3.99. The molecule has 0 aromatic carbocycles. The number of amides is 1. The minimum Gasteiger partial charge on any atom is -0.399 e. The van der Waals surface area contributed by atoms with E-state index in [0.717, 1.165) is 0 Å². The number of aromatic nitrogens is 2. The van der Waals surface area contributed by atoms with E-state index in [2.05, 4.69) is 10.4 Å². The Morgan fingerprint density at radius 2 is 2.19 bits per heavy atom. The van der Waals surface area contributed by atoms with Crippen LogP contribution in [0.3, 0.4) is 0 Å². The fraction of sp³-hybridized carbons (Fsp3) is 0.429. The average molecular weight is 294 g/mol. The normalized spacial score (nSPS) is 22.2. The smallest absolute Gasteiger partial charge is 0.258 e. The molecule has 2 aromatic heterocycles. The van der Waals surface area contributed by atoms with Crippen molar-refractivity contribution in [3.8, 4) is 0 Å². The van der Waals surface area contributed by atoms with Crippen molar-refractivity contribution >= 4 is 17.1 Å².